The molecule has 9 heteroatoms. The Bertz CT molecular complexity index is 1100. The molecule has 1 heterocycles. The van der Waals surface area contributed by atoms with Crippen LogP contribution in [-0.2, 0) is 15.7 Å². The first kappa shape index (κ1) is 21.1. The molecule has 0 unspecified atom stereocenters. The molecule has 0 saturated heterocycles. The number of carbonyl (C=O) groups excluding carboxylic acids is 2. The Morgan fingerprint density at radius 1 is 1.07 bits per heavy atom. The molecular formula is C21H17F3N2O4. The summed E-state index contributed by atoms with van der Waals surface area (Å²) < 4.78 is 48.8. The Hall–Kier alpha value is -3.62. The number of nitrogens with zero attached hydrogens (tertiary/aromatic N) is 1. The Balaban J connectivity index is 2.09. The van der Waals surface area contributed by atoms with E-state index in [0.29, 0.717) is 16.6 Å². The molecule has 0 amide bonds. The molecule has 6 nitrogen and oxygen atoms in total. The Morgan fingerprint density at radius 3 is 2.37 bits per heavy atom. The summed E-state index contributed by atoms with van der Waals surface area (Å²) in [4.78, 5) is 28.0. The summed E-state index contributed by atoms with van der Waals surface area (Å²) in [6.45, 7) is 1.76. The zero-order chi connectivity index (χ0) is 21.9. The zero-order valence-electron chi connectivity index (χ0n) is 16.0. The molecule has 0 saturated carbocycles. The molecule has 0 fully saturated rings. The lowest BCUT2D eigenvalue weighted by Crippen LogP contribution is -2.10. The van der Waals surface area contributed by atoms with E-state index >= 15 is 0 Å². The number of benzene rings is 2. The van der Waals surface area contributed by atoms with E-state index in [1.807, 2.05) is 0 Å². The van der Waals surface area contributed by atoms with Crippen LogP contribution in [0.15, 0.2) is 48.7 Å². The highest BCUT2D eigenvalue weighted by Crippen LogP contribution is 2.35. The third kappa shape index (κ3) is 4.35. The maximum Gasteiger partial charge on any atom is 0.416 e. The maximum absolute atomic E-state index is 13.0. The van der Waals surface area contributed by atoms with E-state index in [-0.39, 0.29) is 23.4 Å². The third-order valence-electron chi connectivity index (χ3n) is 4.27. The number of nitrogens with one attached hydrogen (secondary N) is 1. The van der Waals surface area contributed by atoms with E-state index in [1.165, 1.54) is 31.5 Å². The quantitative estimate of drug-likeness (QED) is 0.590. The number of aromatic nitrogens is 1. The van der Waals surface area contributed by atoms with Gasteiger partial charge in [0.2, 0.25) is 0 Å². The van der Waals surface area contributed by atoms with Crippen molar-refractivity contribution in [1.29, 1.82) is 0 Å². The lowest BCUT2D eigenvalue weighted by molar-refractivity contribution is -0.137. The fourth-order valence-electron chi connectivity index (χ4n) is 2.82. The fourth-order valence-corrected chi connectivity index (χ4v) is 2.82. The van der Waals surface area contributed by atoms with E-state index in [1.54, 1.807) is 19.1 Å². The zero-order valence-corrected chi connectivity index (χ0v) is 16.0. The molecule has 0 radical (unpaired) electrons. The minimum Gasteiger partial charge on any atom is -0.465 e. The van der Waals surface area contributed by atoms with Crippen molar-refractivity contribution < 1.29 is 32.2 Å². The molecule has 0 aliphatic heterocycles. The maximum atomic E-state index is 13.0. The van der Waals surface area contributed by atoms with Gasteiger partial charge in [-0.2, -0.15) is 13.2 Å². The normalized spacial score (nSPS) is 11.2. The molecule has 1 aromatic heterocycles. The number of carbonyl (C=O) groups is 2. The Morgan fingerprint density at radius 2 is 1.77 bits per heavy atom. The fraction of sp³-hybridized carbons (Fsp3) is 0.190. The molecule has 156 valence electrons. The lowest BCUT2D eigenvalue weighted by atomic mass is 10.1. The van der Waals surface area contributed by atoms with Crippen molar-refractivity contribution in [3.8, 4) is 0 Å². The van der Waals surface area contributed by atoms with Crippen LogP contribution in [0.1, 0.15) is 33.2 Å². The molecule has 0 aliphatic carbocycles. The van der Waals surface area contributed by atoms with Crippen LogP contribution in [0.4, 0.5) is 24.5 Å². The average Bonchev–Trinajstić information content (AvgIpc) is 2.73. The molecule has 0 bridgehead atoms. The summed E-state index contributed by atoms with van der Waals surface area (Å²) in [5, 5.41) is 3.33. The molecule has 3 aromatic rings. The largest absolute Gasteiger partial charge is 0.465 e. The predicted molar refractivity (Wildman–Crippen MR) is 104 cm³/mol. The molecule has 1 N–H and O–H groups in total. The first-order chi connectivity index (χ1) is 14.2. The second-order valence-electron chi connectivity index (χ2n) is 6.19. The Kier molecular flexibility index (Phi) is 5.91. The molecule has 0 atom stereocenters. The number of esters is 2. The first-order valence-electron chi connectivity index (χ1n) is 8.87. The van der Waals surface area contributed by atoms with E-state index in [4.69, 9.17) is 4.74 Å². The van der Waals surface area contributed by atoms with E-state index in [9.17, 15) is 22.8 Å². The van der Waals surface area contributed by atoms with E-state index < -0.39 is 23.7 Å². The lowest BCUT2D eigenvalue weighted by Gasteiger charge is -2.15. The number of hydrogen-bond acceptors (Lipinski definition) is 6. The predicted octanol–water partition coefficient (Wildman–Crippen LogP) is 4.96. The highest BCUT2D eigenvalue weighted by molar-refractivity contribution is 6.06. The molecule has 0 aliphatic rings. The topological polar surface area (TPSA) is 77.5 Å². The van der Waals surface area contributed by atoms with Crippen molar-refractivity contribution in [2.75, 3.05) is 19.0 Å². The standard InChI is InChI=1S/C21H17F3N2O4/c1-3-30-20(28)16-11-25-17-10-13(21(22,23)24)6-9-15(17)18(16)26-14-7-4-12(5-8-14)19(27)29-2/h4-11H,3H2,1-2H3,(H,25,26). The first-order valence-corrected chi connectivity index (χ1v) is 8.87. The summed E-state index contributed by atoms with van der Waals surface area (Å²) >= 11 is 0. The van der Waals surface area contributed by atoms with Gasteiger partial charge < -0.3 is 14.8 Å². The van der Waals surface area contributed by atoms with Crippen LogP contribution >= 0.6 is 0 Å². The molecule has 30 heavy (non-hydrogen) atoms. The molecule has 3 rings (SSSR count). The number of rotatable bonds is 5. The highest BCUT2D eigenvalue weighted by atomic mass is 19.4. The van der Waals surface area contributed by atoms with Gasteiger partial charge in [0.1, 0.15) is 5.56 Å². The number of hydrogen-bond donors (Lipinski definition) is 1. The van der Waals surface area contributed by atoms with Crippen LogP contribution in [0.3, 0.4) is 0 Å². The van der Waals surface area contributed by atoms with Crippen LogP contribution in [0.25, 0.3) is 10.9 Å². The minimum absolute atomic E-state index is 0.0616. The second kappa shape index (κ2) is 8.40. The van der Waals surface area contributed by atoms with E-state index in [2.05, 4.69) is 15.0 Å². The van der Waals surface area contributed by atoms with Crippen LogP contribution in [0.2, 0.25) is 0 Å². The SMILES string of the molecule is CCOC(=O)c1cnc2cc(C(F)(F)F)ccc2c1Nc1ccc(C(=O)OC)cc1. The number of methoxy groups -OCH3 is 1. The van der Waals surface area contributed by atoms with E-state index in [0.717, 1.165) is 12.1 Å². The van der Waals surface area contributed by atoms with Crippen LogP contribution < -0.4 is 5.32 Å². The van der Waals surface area contributed by atoms with Gasteiger partial charge >= 0.3 is 18.1 Å². The monoisotopic (exact) mass is 418 g/mol. The second-order valence-corrected chi connectivity index (χ2v) is 6.19. The van der Waals surface area contributed by atoms with Crippen LogP contribution in [0.5, 0.6) is 0 Å². The summed E-state index contributed by atoms with van der Waals surface area (Å²) in [7, 11) is 1.26. The summed E-state index contributed by atoms with van der Waals surface area (Å²) in [6, 6.07) is 9.28. The number of fused-ring (bicyclic) bond motifs is 1. The summed E-state index contributed by atoms with van der Waals surface area (Å²) in [5.41, 5.74) is 0.356. The molecule has 2 aromatic carbocycles. The smallest absolute Gasteiger partial charge is 0.416 e. The van der Waals surface area contributed by atoms with Crippen molar-refractivity contribution in [3.05, 3.63) is 65.4 Å². The minimum atomic E-state index is -4.52. The summed E-state index contributed by atoms with van der Waals surface area (Å²) in [6.07, 6.45) is -3.35. The van der Waals surface area contributed by atoms with Gasteiger partial charge in [0, 0.05) is 17.3 Å². The van der Waals surface area contributed by atoms with Crippen molar-refractivity contribution in [2.24, 2.45) is 0 Å². The average molecular weight is 418 g/mol. The van der Waals surface area contributed by atoms with Gasteiger partial charge in [-0.25, -0.2) is 9.59 Å². The van der Waals surface area contributed by atoms with Gasteiger partial charge in [0.15, 0.2) is 0 Å². The van der Waals surface area contributed by atoms with Gasteiger partial charge in [-0.1, -0.05) is 6.07 Å². The van der Waals surface area contributed by atoms with Crippen molar-refractivity contribution in [3.63, 3.8) is 0 Å². The van der Waals surface area contributed by atoms with Gasteiger partial charge in [-0.05, 0) is 43.3 Å². The molecular weight excluding hydrogens is 401 g/mol. The molecule has 0 spiro atoms. The van der Waals surface area contributed by atoms with Crippen molar-refractivity contribution >= 4 is 34.2 Å². The van der Waals surface area contributed by atoms with Gasteiger partial charge in [0.25, 0.3) is 0 Å². The van der Waals surface area contributed by atoms with Gasteiger partial charge in [-0.15, -0.1) is 0 Å². The number of halogens is 3. The highest BCUT2D eigenvalue weighted by Gasteiger charge is 2.31. The van der Waals surface area contributed by atoms with Crippen LogP contribution in [0, 0.1) is 0 Å². The van der Waals surface area contributed by atoms with Crippen molar-refractivity contribution in [1.82, 2.24) is 4.98 Å². The van der Waals surface area contributed by atoms with Crippen molar-refractivity contribution in [2.45, 2.75) is 13.1 Å². The van der Waals surface area contributed by atoms with Gasteiger partial charge in [-0.3, -0.25) is 4.98 Å². The number of alkyl halides is 3. The number of pyridine rings is 1. The third-order valence-corrected chi connectivity index (χ3v) is 4.27. The van der Waals surface area contributed by atoms with Crippen LogP contribution in [-0.4, -0.2) is 30.6 Å². The number of anilines is 2. The van der Waals surface area contributed by atoms with Gasteiger partial charge in [0.05, 0.1) is 36.0 Å². The summed E-state index contributed by atoms with van der Waals surface area (Å²) in [5.74, 6) is -1.18. The number of ether oxygens (including phenoxy) is 2. The Labute approximate surface area is 169 Å².